The Hall–Kier alpha value is -2.76. The van der Waals surface area contributed by atoms with Crippen molar-refractivity contribution >= 4 is 11.5 Å². The van der Waals surface area contributed by atoms with Crippen molar-refractivity contribution in [2.24, 2.45) is 0 Å². The van der Waals surface area contributed by atoms with E-state index in [9.17, 15) is 18.0 Å². The number of hydrogen-bond acceptors (Lipinski definition) is 3. The Kier molecular flexibility index (Phi) is 4.83. The molecule has 114 valence electrons. The Morgan fingerprint density at radius 2 is 1.64 bits per heavy atom. The molecule has 6 heteroatoms. The third-order valence-electron chi connectivity index (χ3n) is 2.63. The summed E-state index contributed by atoms with van der Waals surface area (Å²) in [6, 6.07) is 13.9. The Bertz CT molecular complexity index is 649. The van der Waals surface area contributed by atoms with Crippen LogP contribution in [0.5, 0.6) is 5.75 Å². The number of nitrogens with one attached hydrogen (secondary N) is 1. The third-order valence-corrected chi connectivity index (χ3v) is 2.63. The number of halogens is 3. The number of hydrogen-bond donors (Lipinski definition) is 1. The second kappa shape index (κ2) is 6.80. The van der Waals surface area contributed by atoms with E-state index in [4.69, 9.17) is 0 Å². The molecule has 0 heterocycles. The lowest BCUT2D eigenvalue weighted by atomic mass is 10.1. The number of alkyl halides is 3. The van der Waals surface area contributed by atoms with Gasteiger partial charge in [0.2, 0.25) is 0 Å². The molecule has 0 aliphatic rings. The van der Waals surface area contributed by atoms with Gasteiger partial charge in [0.15, 0.2) is 5.78 Å². The first-order chi connectivity index (χ1) is 10.4. The number of anilines is 1. The SMILES string of the molecule is O=C(/C=C\Nc1ccc(OC(F)(F)F)cc1)c1ccccc1. The molecule has 0 bridgehead atoms. The van der Waals surface area contributed by atoms with Crippen molar-refractivity contribution in [3.05, 3.63) is 72.4 Å². The zero-order valence-electron chi connectivity index (χ0n) is 11.3. The molecule has 1 N–H and O–H groups in total. The van der Waals surface area contributed by atoms with Crippen LogP contribution in [0.3, 0.4) is 0 Å². The molecule has 0 saturated carbocycles. The number of rotatable bonds is 5. The normalized spacial score (nSPS) is 11.4. The van der Waals surface area contributed by atoms with Crippen LogP contribution in [0.1, 0.15) is 10.4 Å². The standard InChI is InChI=1S/C16H12F3NO2/c17-16(18,19)22-14-8-6-13(7-9-14)20-11-10-15(21)12-4-2-1-3-5-12/h1-11,20H/b11-10-. The van der Waals surface area contributed by atoms with Crippen molar-refractivity contribution in [2.45, 2.75) is 6.36 Å². The van der Waals surface area contributed by atoms with Crippen molar-refractivity contribution in [1.82, 2.24) is 0 Å². The molecular formula is C16H12F3NO2. The van der Waals surface area contributed by atoms with E-state index in [-0.39, 0.29) is 11.5 Å². The third kappa shape index (κ3) is 4.97. The summed E-state index contributed by atoms with van der Waals surface area (Å²) >= 11 is 0. The molecule has 0 spiro atoms. The maximum atomic E-state index is 12.0. The van der Waals surface area contributed by atoms with Crippen molar-refractivity contribution < 1.29 is 22.7 Å². The zero-order valence-corrected chi connectivity index (χ0v) is 11.3. The van der Waals surface area contributed by atoms with Crippen LogP contribution >= 0.6 is 0 Å². The monoisotopic (exact) mass is 307 g/mol. The van der Waals surface area contributed by atoms with E-state index in [1.807, 2.05) is 6.07 Å². The average Bonchev–Trinajstić information content (AvgIpc) is 2.48. The summed E-state index contributed by atoms with van der Waals surface area (Å²) in [5.74, 6) is -0.479. The van der Waals surface area contributed by atoms with Crippen molar-refractivity contribution in [2.75, 3.05) is 5.32 Å². The van der Waals surface area contributed by atoms with Crippen molar-refractivity contribution in [1.29, 1.82) is 0 Å². The molecular weight excluding hydrogens is 295 g/mol. The highest BCUT2D eigenvalue weighted by molar-refractivity contribution is 6.04. The van der Waals surface area contributed by atoms with E-state index in [2.05, 4.69) is 10.1 Å². The van der Waals surface area contributed by atoms with Crippen molar-refractivity contribution in [3.63, 3.8) is 0 Å². The summed E-state index contributed by atoms with van der Waals surface area (Å²) in [5.41, 5.74) is 1.08. The Balaban J connectivity index is 1.92. The van der Waals surface area contributed by atoms with E-state index in [0.29, 0.717) is 11.3 Å². The van der Waals surface area contributed by atoms with Gasteiger partial charge in [0.05, 0.1) is 0 Å². The molecule has 0 aromatic heterocycles. The summed E-state index contributed by atoms with van der Waals surface area (Å²) in [4.78, 5) is 11.8. The molecule has 2 rings (SSSR count). The van der Waals surface area contributed by atoms with E-state index >= 15 is 0 Å². The van der Waals surface area contributed by atoms with Gasteiger partial charge < -0.3 is 10.1 Å². The molecule has 2 aromatic rings. The summed E-state index contributed by atoms with van der Waals surface area (Å²) in [6.45, 7) is 0. The summed E-state index contributed by atoms with van der Waals surface area (Å²) in [7, 11) is 0. The first-order valence-corrected chi connectivity index (χ1v) is 6.32. The van der Waals surface area contributed by atoms with E-state index in [1.54, 1.807) is 24.3 Å². The fraction of sp³-hybridized carbons (Fsp3) is 0.0625. The van der Waals surface area contributed by atoms with Gasteiger partial charge in [-0.1, -0.05) is 30.3 Å². The maximum absolute atomic E-state index is 12.0. The minimum absolute atomic E-state index is 0.176. The fourth-order valence-corrected chi connectivity index (χ4v) is 1.67. The molecule has 2 aromatic carbocycles. The maximum Gasteiger partial charge on any atom is 0.573 e. The minimum atomic E-state index is -4.71. The second-order valence-electron chi connectivity index (χ2n) is 4.28. The topological polar surface area (TPSA) is 38.3 Å². The van der Waals surface area contributed by atoms with E-state index in [1.165, 1.54) is 36.5 Å². The summed E-state index contributed by atoms with van der Waals surface area (Å²) < 4.78 is 39.8. The molecule has 0 aliphatic carbocycles. The fourth-order valence-electron chi connectivity index (χ4n) is 1.67. The predicted molar refractivity (Wildman–Crippen MR) is 76.7 cm³/mol. The van der Waals surface area contributed by atoms with Gasteiger partial charge in [-0.15, -0.1) is 13.2 Å². The Morgan fingerprint density at radius 1 is 1.00 bits per heavy atom. The van der Waals surface area contributed by atoms with Gasteiger partial charge in [0, 0.05) is 23.5 Å². The number of ether oxygens (including phenoxy) is 1. The minimum Gasteiger partial charge on any atom is -0.406 e. The highest BCUT2D eigenvalue weighted by Crippen LogP contribution is 2.23. The van der Waals surface area contributed by atoms with Gasteiger partial charge >= 0.3 is 6.36 Å². The van der Waals surface area contributed by atoms with Crippen LogP contribution in [0.2, 0.25) is 0 Å². The molecule has 0 unspecified atom stereocenters. The number of ketones is 1. The molecule has 3 nitrogen and oxygen atoms in total. The Morgan fingerprint density at radius 3 is 2.23 bits per heavy atom. The van der Waals surface area contributed by atoms with E-state index < -0.39 is 6.36 Å². The first-order valence-electron chi connectivity index (χ1n) is 6.32. The zero-order chi connectivity index (χ0) is 16.0. The molecule has 0 radical (unpaired) electrons. The van der Waals surface area contributed by atoms with Gasteiger partial charge in [0.25, 0.3) is 0 Å². The average molecular weight is 307 g/mol. The van der Waals surface area contributed by atoms with Crippen LogP contribution in [0.15, 0.2) is 66.9 Å². The first kappa shape index (κ1) is 15.6. The largest absolute Gasteiger partial charge is 0.573 e. The molecule has 0 fully saturated rings. The van der Waals surface area contributed by atoms with Crippen LogP contribution in [0, 0.1) is 0 Å². The van der Waals surface area contributed by atoms with Crippen LogP contribution in [0.4, 0.5) is 18.9 Å². The summed E-state index contributed by atoms with van der Waals surface area (Å²) in [5, 5.41) is 2.80. The van der Waals surface area contributed by atoms with Gasteiger partial charge in [0.1, 0.15) is 5.75 Å². The highest BCUT2D eigenvalue weighted by Gasteiger charge is 2.30. The van der Waals surface area contributed by atoms with Crippen LogP contribution in [-0.4, -0.2) is 12.1 Å². The van der Waals surface area contributed by atoms with Crippen LogP contribution in [0.25, 0.3) is 0 Å². The molecule has 22 heavy (non-hydrogen) atoms. The van der Waals surface area contributed by atoms with Gasteiger partial charge in [-0.05, 0) is 24.3 Å². The van der Waals surface area contributed by atoms with Gasteiger partial charge in [-0.2, -0.15) is 0 Å². The van der Waals surface area contributed by atoms with Gasteiger partial charge in [-0.25, -0.2) is 0 Å². The van der Waals surface area contributed by atoms with Crippen molar-refractivity contribution in [3.8, 4) is 5.75 Å². The second-order valence-corrected chi connectivity index (χ2v) is 4.28. The smallest absolute Gasteiger partial charge is 0.406 e. The predicted octanol–water partition coefficient (Wildman–Crippen LogP) is 4.39. The lowest BCUT2D eigenvalue weighted by Gasteiger charge is -2.09. The lowest BCUT2D eigenvalue weighted by Crippen LogP contribution is -2.16. The molecule has 0 aliphatic heterocycles. The molecule has 0 saturated heterocycles. The van der Waals surface area contributed by atoms with Crippen LogP contribution < -0.4 is 10.1 Å². The molecule has 0 amide bonds. The highest BCUT2D eigenvalue weighted by atomic mass is 19.4. The van der Waals surface area contributed by atoms with Crippen LogP contribution in [-0.2, 0) is 0 Å². The number of benzene rings is 2. The molecule has 0 atom stereocenters. The number of carbonyl (C=O) groups excluding carboxylic acids is 1. The lowest BCUT2D eigenvalue weighted by molar-refractivity contribution is -0.274. The summed E-state index contributed by atoms with van der Waals surface area (Å²) in [6.07, 6.45) is -1.94. The van der Waals surface area contributed by atoms with Gasteiger partial charge in [-0.3, -0.25) is 4.79 Å². The Labute approximate surface area is 125 Å². The van der Waals surface area contributed by atoms with E-state index in [0.717, 1.165) is 0 Å². The number of allylic oxidation sites excluding steroid dienone is 1. The number of carbonyl (C=O) groups is 1. The quantitative estimate of drug-likeness (QED) is 0.657.